The zero-order valence-corrected chi connectivity index (χ0v) is 62.9. The number of nitrogens with zero attached hydrogens (tertiary/aromatic N) is 8. The Labute approximate surface area is 605 Å². The van der Waals surface area contributed by atoms with Crippen LogP contribution in [-0.4, -0.2) is 51.9 Å². The van der Waals surface area contributed by atoms with Crippen LogP contribution in [0.5, 0.6) is 5.75 Å². The molecule has 1 atom stereocenters. The Morgan fingerprint density at radius 1 is 0.505 bits per heavy atom. The standard InChI is InChI=1S/C23H26ClN3.C23H27N3O.C18H14BrNO2.C11H13N.C5H4BrN.CH4N2O/c1-22(2,3)17-11-7-15(8-12-17)19-25-20(27-21(24)26-19)16-9-13-18(14-10-16)23(4,5)6;1-22(2,3)17-11-7-15(8-12-17)19-24-20(26-21(27)25-19)16-9-13-18(14-10-16)23(4,5)6;19-15-11-12-20(17(13-15)14-7-3-1-4-8-14)18(21)22-16-9-5-2-6-10-16;1-11(2,3)10-6-4-9(8-12)5-7-10;6-5-1-3-7-4-2-5;2-1(3)4/h7-14H,1-6H3;7-14H,1-6H3,(H,24,25,26,27);1-13,17H;4-7H,1-3H3;1-4H;(H4,2,3,4). The minimum atomic E-state index is -0.833. The molecule has 1 aliphatic heterocycles. The van der Waals surface area contributed by atoms with E-state index in [1.54, 1.807) is 35.6 Å². The number of hydrogen-bond acceptors (Lipinski definition) is 11. The number of aromatic nitrogens is 7. The van der Waals surface area contributed by atoms with Gasteiger partial charge in [0.2, 0.25) is 5.28 Å². The quantitative estimate of drug-likeness (QED) is 0.142. The molecule has 7 aromatic carbocycles. The summed E-state index contributed by atoms with van der Waals surface area (Å²) in [5.41, 5.74) is 20.2. The first-order valence-electron chi connectivity index (χ1n) is 32.1. The number of H-pyrrole nitrogens is 1. The Morgan fingerprint density at radius 3 is 1.23 bits per heavy atom. The number of allylic oxidation sites excluding steroid dienone is 2. The van der Waals surface area contributed by atoms with E-state index in [4.69, 9.17) is 26.4 Å². The topological polar surface area (TPSA) is 233 Å². The van der Waals surface area contributed by atoms with Crippen molar-refractivity contribution in [2.24, 2.45) is 11.5 Å². The van der Waals surface area contributed by atoms with E-state index in [1.165, 1.54) is 27.8 Å². The van der Waals surface area contributed by atoms with Crippen LogP contribution in [0.15, 0.2) is 239 Å². The van der Waals surface area contributed by atoms with Crippen molar-refractivity contribution in [3.05, 3.63) is 289 Å². The summed E-state index contributed by atoms with van der Waals surface area (Å²) < 4.78 is 7.44. The second-order valence-corrected chi connectivity index (χ2v) is 30.4. The van der Waals surface area contributed by atoms with Gasteiger partial charge in [-0.25, -0.2) is 24.4 Å². The molecule has 3 aromatic heterocycles. The normalized spacial score (nSPS) is 12.6. The molecule has 0 saturated carbocycles. The summed E-state index contributed by atoms with van der Waals surface area (Å²) >= 11 is 12.9. The summed E-state index contributed by atoms with van der Waals surface area (Å²) in [4.78, 5) is 63.7. The first-order chi connectivity index (χ1) is 46.5. The molecule has 0 radical (unpaired) electrons. The number of nitrogens with one attached hydrogen (secondary N) is 1. The summed E-state index contributed by atoms with van der Waals surface area (Å²) in [5.74, 6) is 2.68. The molecule has 512 valence electrons. The minimum absolute atomic E-state index is 0.0769. The fraction of sp³-hybridized carbons (Fsp3) is 0.259. The molecule has 1 unspecified atom stereocenters. The van der Waals surface area contributed by atoms with Crippen LogP contribution >= 0.6 is 43.5 Å². The number of amides is 3. The Morgan fingerprint density at radius 2 is 0.869 bits per heavy atom. The maximum absolute atomic E-state index is 12.5. The van der Waals surface area contributed by atoms with Crippen LogP contribution < -0.4 is 21.9 Å². The number of urea groups is 1. The highest BCUT2D eigenvalue weighted by molar-refractivity contribution is 9.12. The number of carbonyl (C=O) groups excluding carboxylic acids is 2. The third-order valence-electron chi connectivity index (χ3n) is 15.1. The predicted octanol–water partition coefficient (Wildman–Crippen LogP) is 20.3. The zero-order valence-electron chi connectivity index (χ0n) is 58.9. The smallest absolute Gasteiger partial charge is 0.410 e. The van der Waals surface area contributed by atoms with Gasteiger partial charge in [-0.3, -0.25) is 14.9 Å². The monoisotopic (exact) mass is 1470 g/mol. The lowest BCUT2D eigenvalue weighted by Crippen LogP contribution is -2.33. The molecule has 0 bridgehead atoms. The molecule has 18 heteroatoms. The molecule has 1 aliphatic rings. The van der Waals surface area contributed by atoms with E-state index in [2.05, 4.69) is 237 Å². The third-order valence-corrected chi connectivity index (χ3v) is 16.4. The summed E-state index contributed by atoms with van der Waals surface area (Å²) in [6, 6.07) is 64.3. The van der Waals surface area contributed by atoms with Crippen LogP contribution in [0.4, 0.5) is 9.59 Å². The molecule has 4 heterocycles. The largest absolute Gasteiger partial charge is 0.420 e. The summed E-state index contributed by atoms with van der Waals surface area (Å²) in [7, 11) is 0. The summed E-state index contributed by atoms with van der Waals surface area (Å²) in [6.07, 6.45) is 8.60. The molecule has 0 spiro atoms. The van der Waals surface area contributed by atoms with Crippen LogP contribution in [0.2, 0.25) is 5.28 Å². The molecule has 99 heavy (non-hydrogen) atoms. The van der Waals surface area contributed by atoms with E-state index >= 15 is 0 Å². The molecule has 0 fully saturated rings. The van der Waals surface area contributed by atoms with Gasteiger partial charge in [0.25, 0.3) is 0 Å². The number of halogens is 3. The predicted molar refractivity (Wildman–Crippen MR) is 409 cm³/mol. The van der Waals surface area contributed by atoms with Crippen LogP contribution in [0.25, 0.3) is 45.6 Å². The van der Waals surface area contributed by atoms with Gasteiger partial charge in [-0.15, -0.1) is 0 Å². The number of pyridine rings is 1. The van der Waals surface area contributed by atoms with Gasteiger partial charge in [0, 0.05) is 49.8 Å². The van der Waals surface area contributed by atoms with Gasteiger partial charge in [0.1, 0.15) is 11.6 Å². The molecule has 10 aromatic rings. The van der Waals surface area contributed by atoms with Crippen LogP contribution in [0.3, 0.4) is 0 Å². The van der Waals surface area contributed by atoms with Crippen molar-refractivity contribution in [3.8, 4) is 57.4 Å². The van der Waals surface area contributed by atoms with Gasteiger partial charge in [-0.05, 0) is 121 Å². The van der Waals surface area contributed by atoms with Crippen LogP contribution in [0.1, 0.15) is 149 Å². The van der Waals surface area contributed by atoms with Crippen LogP contribution in [0, 0.1) is 11.3 Å². The summed E-state index contributed by atoms with van der Waals surface area (Å²) in [5, 5.41) is 8.78. The Kier molecular flexibility index (Phi) is 27.8. The Bertz CT molecular complexity index is 4240. The average molecular weight is 1470 g/mol. The SMILES string of the molecule is Brc1ccncc1.CC(C)(C)c1ccc(-c2nc(-c3ccc(C(C)(C)C)cc3)[nH]c(=O)n2)cc1.CC(C)(C)c1ccc(-c2nc(Cl)nc(-c3ccc(C(C)(C)C)cc3)n2)cc1.CC(C)(C)c1ccc(C#N)cc1.NC(N)=O.O=C(Oc1ccccc1)N1C=CC(Br)=CC1c1ccccc1. The highest BCUT2D eigenvalue weighted by atomic mass is 79.9. The molecular weight excluding hydrogens is 1390 g/mol. The van der Waals surface area contributed by atoms with Gasteiger partial charge in [-0.1, -0.05) is 293 Å². The number of aromatic amines is 1. The van der Waals surface area contributed by atoms with Crippen molar-refractivity contribution in [2.45, 2.75) is 137 Å². The molecule has 3 amide bonds. The zero-order chi connectivity index (χ0) is 72.9. The van der Waals surface area contributed by atoms with E-state index in [-0.39, 0.29) is 38.4 Å². The lowest BCUT2D eigenvalue weighted by Gasteiger charge is -2.28. The average Bonchev–Trinajstić information content (AvgIpc) is 0.820. The number of nitriles is 1. The van der Waals surface area contributed by atoms with E-state index in [1.807, 2.05) is 146 Å². The number of rotatable bonds is 6. The molecule has 0 aliphatic carbocycles. The van der Waals surface area contributed by atoms with Crippen molar-refractivity contribution in [1.82, 2.24) is 39.8 Å². The van der Waals surface area contributed by atoms with Gasteiger partial charge >= 0.3 is 17.8 Å². The highest BCUT2D eigenvalue weighted by Gasteiger charge is 2.27. The Balaban J connectivity index is 0.000000202. The number of primary amides is 2. The second kappa shape index (κ2) is 35.2. The number of ether oxygens (including phenoxy) is 1. The van der Waals surface area contributed by atoms with Crippen LogP contribution in [-0.2, 0) is 27.1 Å². The number of benzene rings is 7. The highest BCUT2D eigenvalue weighted by Crippen LogP contribution is 2.33. The molecule has 11 rings (SSSR count). The van der Waals surface area contributed by atoms with E-state index in [9.17, 15) is 9.59 Å². The fourth-order valence-electron chi connectivity index (χ4n) is 9.38. The maximum atomic E-state index is 12.5. The fourth-order valence-corrected chi connectivity index (χ4v) is 10.1. The van der Waals surface area contributed by atoms with Crippen molar-refractivity contribution >= 4 is 55.6 Å². The van der Waals surface area contributed by atoms with Crippen molar-refractivity contribution < 1.29 is 14.3 Å². The van der Waals surface area contributed by atoms with Gasteiger partial charge in [0.15, 0.2) is 17.5 Å². The van der Waals surface area contributed by atoms with Crippen molar-refractivity contribution in [3.63, 3.8) is 0 Å². The minimum Gasteiger partial charge on any atom is -0.410 e. The van der Waals surface area contributed by atoms with Gasteiger partial charge in [0.05, 0.1) is 17.7 Å². The lowest BCUT2D eigenvalue weighted by atomic mass is 9.86. The van der Waals surface area contributed by atoms with Crippen molar-refractivity contribution in [2.75, 3.05) is 0 Å². The maximum Gasteiger partial charge on any atom is 0.420 e. The number of nitrogens with two attached hydrogens (primary N) is 2. The Hall–Kier alpha value is -9.73. The third kappa shape index (κ3) is 25.3. The van der Waals surface area contributed by atoms with Gasteiger partial charge < -0.3 is 16.2 Å². The van der Waals surface area contributed by atoms with E-state index in [0.717, 1.165) is 42.3 Å². The lowest BCUT2D eigenvalue weighted by molar-refractivity contribution is 0.161. The van der Waals surface area contributed by atoms with Gasteiger partial charge in [-0.2, -0.15) is 20.2 Å². The number of carbonyl (C=O) groups is 2. The van der Waals surface area contributed by atoms with E-state index in [0.29, 0.717) is 29.0 Å². The van der Waals surface area contributed by atoms with Crippen molar-refractivity contribution in [1.29, 1.82) is 5.26 Å². The first kappa shape index (κ1) is 78.3. The molecule has 15 nitrogen and oxygen atoms in total. The molecule has 0 saturated heterocycles. The second-order valence-electron chi connectivity index (χ2n) is 28.2. The first-order valence-corrected chi connectivity index (χ1v) is 34.0. The molecule has 5 N–H and O–H groups in total. The number of hydrogen-bond donors (Lipinski definition) is 3. The summed E-state index contributed by atoms with van der Waals surface area (Å²) in [6.45, 7) is 32.7. The van der Waals surface area contributed by atoms with E-state index < -0.39 is 17.8 Å². The molecular formula is C81H88Br2ClN11O4. The number of para-hydroxylation sites is 1.